The van der Waals surface area contributed by atoms with Gasteiger partial charge in [-0.1, -0.05) is 11.6 Å². The summed E-state index contributed by atoms with van der Waals surface area (Å²) in [4.78, 5) is 42.6. The minimum absolute atomic E-state index is 0.115. The molecule has 2 aliphatic rings. The van der Waals surface area contributed by atoms with Gasteiger partial charge < -0.3 is 4.74 Å². The van der Waals surface area contributed by atoms with Crippen LogP contribution < -0.4 is 0 Å². The second-order valence-corrected chi connectivity index (χ2v) is 6.98. The molecule has 0 saturated heterocycles. The predicted molar refractivity (Wildman–Crippen MR) is 104 cm³/mol. The summed E-state index contributed by atoms with van der Waals surface area (Å²) in [5.41, 5.74) is 3.28. The summed E-state index contributed by atoms with van der Waals surface area (Å²) in [7, 11) is 0. The molecule has 28 heavy (non-hydrogen) atoms. The maximum absolute atomic E-state index is 11.5. The van der Waals surface area contributed by atoms with Crippen LogP contribution in [0.2, 0.25) is 5.15 Å². The summed E-state index contributed by atoms with van der Waals surface area (Å²) in [5, 5.41) is 0.475. The van der Waals surface area contributed by atoms with Crippen LogP contribution in [0.3, 0.4) is 0 Å². The van der Waals surface area contributed by atoms with E-state index in [0.29, 0.717) is 30.2 Å². The molecule has 0 spiro atoms. The van der Waals surface area contributed by atoms with Crippen LogP contribution in [0, 0.1) is 0 Å². The number of aryl methyl sites for hydroxylation is 2. The van der Waals surface area contributed by atoms with Gasteiger partial charge in [0, 0.05) is 24.0 Å². The van der Waals surface area contributed by atoms with Gasteiger partial charge in [0.05, 0.1) is 18.0 Å². The summed E-state index contributed by atoms with van der Waals surface area (Å²) in [6, 6.07) is 6.67. The van der Waals surface area contributed by atoms with Gasteiger partial charge in [-0.15, -0.1) is 0 Å². The number of Topliss-reactive ketones (excluding diaryl/α,β-unsaturated/α-hetero) is 2. The number of nitrogens with zero attached hydrogens (tertiary/aromatic N) is 2. The number of carbonyl (C=O) groups is 3. The molecule has 0 radical (unpaired) electrons. The Labute approximate surface area is 168 Å². The van der Waals surface area contributed by atoms with E-state index in [1.165, 1.54) is 0 Å². The molecule has 6 nitrogen and oxygen atoms in total. The fraction of sp³-hybridized carbons (Fsp3) is 0.381. The van der Waals surface area contributed by atoms with Crippen molar-refractivity contribution >= 4 is 29.1 Å². The van der Waals surface area contributed by atoms with Crippen LogP contribution in [0.15, 0.2) is 24.3 Å². The topological polar surface area (TPSA) is 86.2 Å². The van der Waals surface area contributed by atoms with Crippen LogP contribution in [0.5, 0.6) is 0 Å². The van der Waals surface area contributed by atoms with Crippen LogP contribution in [-0.2, 0) is 17.6 Å². The third kappa shape index (κ3) is 4.62. The number of aromatic nitrogens is 2. The highest BCUT2D eigenvalue weighted by Crippen LogP contribution is 2.21. The second kappa shape index (κ2) is 9.06. The van der Waals surface area contributed by atoms with Crippen LogP contribution in [0.4, 0.5) is 0 Å². The molecule has 0 N–H and O–H groups in total. The number of hydrogen-bond donors (Lipinski definition) is 0. The Kier molecular flexibility index (Phi) is 6.52. The molecule has 146 valence electrons. The summed E-state index contributed by atoms with van der Waals surface area (Å²) < 4.78 is 4.86. The number of ketones is 2. The number of halogens is 1. The molecule has 2 aliphatic carbocycles. The zero-order chi connectivity index (χ0) is 20.1. The smallest absolute Gasteiger partial charge is 0.356 e. The lowest BCUT2D eigenvalue weighted by atomic mass is 9.94. The average molecular weight is 401 g/mol. The molecule has 7 heteroatoms. The zero-order valence-corrected chi connectivity index (χ0v) is 16.4. The number of ether oxygens (including phenoxy) is 1. The molecule has 0 fully saturated rings. The Morgan fingerprint density at radius 2 is 1.50 bits per heavy atom. The van der Waals surface area contributed by atoms with E-state index in [1.807, 2.05) is 0 Å². The van der Waals surface area contributed by atoms with Gasteiger partial charge in [0.15, 0.2) is 11.6 Å². The molecule has 2 aromatic heterocycles. The van der Waals surface area contributed by atoms with Crippen LogP contribution >= 0.6 is 11.6 Å². The lowest BCUT2D eigenvalue weighted by molar-refractivity contribution is 0.0518. The van der Waals surface area contributed by atoms with E-state index < -0.39 is 5.97 Å². The number of hydrogen-bond acceptors (Lipinski definition) is 6. The third-order valence-electron chi connectivity index (χ3n) is 4.63. The quantitative estimate of drug-likeness (QED) is 0.558. The highest BCUT2D eigenvalue weighted by molar-refractivity contribution is 6.29. The van der Waals surface area contributed by atoms with Crippen LogP contribution in [0.1, 0.15) is 75.2 Å². The summed E-state index contributed by atoms with van der Waals surface area (Å²) in [5.74, 6) is -0.118. The average Bonchev–Trinajstić information content (AvgIpc) is 2.68. The maximum Gasteiger partial charge on any atom is 0.356 e. The van der Waals surface area contributed by atoms with Crippen molar-refractivity contribution in [2.45, 2.75) is 45.4 Å². The van der Waals surface area contributed by atoms with Gasteiger partial charge in [0.25, 0.3) is 0 Å². The first-order valence-corrected chi connectivity index (χ1v) is 9.76. The normalized spacial score (nSPS) is 15.1. The van der Waals surface area contributed by atoms with E-state index in [2.05, 4.69) is 9.97 Å². The largest absolute Gasteiger partial charge is 0.461 e. The van der Waals surface area contributed by atoms with Gasteiger partial charge in [0.2, 0.25) is 0 Å². The van der Waals surface area contributed by atoms with E-state index >= 15 is 0 Å². The van der Waals surface area contributed by atoms with Crippen LogP contribution in [-0.4, -0.2) is 34.1 Å². The fourth-order valence-electron chi connectivity index (χ4n) is 3.29. The van der Waals surface area contributed by atoms with Gasteiger partial charge in [-0.25, -0.2) is 14.8 Å². The Bertz CT molecular complexity index is 927. The van der Waals surface area contributed by atoms with E-state index in [4.69, 9.17) is 16.3 Å². The maximum atomic E-state index is 11.5. The standard InChI is InChI=1S/C12H13NO3.C9H8ClNO/c1-2-16-12(15)10-7-6-8-9(13-10)4-3-5-11(8)14;10-9-5-4-6-7(11-9)2-1-3-8(6)12/h6-7H,2-5H2,1H3;4-5H,1-3H2. The molecule has 0 aromatic carbocycles. The summed E-state index contributed by atoms with van der Waals surface area (Å²) in [6.45, 7) is 2.08. The molecular formula is C21H21ClN2O4. The molecule has 0 amide bonds. The molecule has 2 aromatic rings. The Balaban J connectivity index is 0.000000167. The van der Waals surface area contributed by atoms with Crippen molar-refractivity contribution in [1.82, 2.24) is 9.97 Å². The van der Waals surface area contributed by atoms with Gasteiger partial charge in [-0.3, -0.25) is 9.59 Å². The molecule has 0 bridgehead atoms. The predicted octanol–water partition coefficient (Wildman–Crippen LogP) is 4.03. The number of fused-ring (bicyclic) bond motifs is 2. The van der Waals surface area contributed by atoms with Crippen molar-refractivity contribution < 1.29 is 19.1 Å². The molecule has 0 unspecified atom stereocenters. The molecular weight excluding hydrogens is 380 g/mol. The van der Waals surface area contributed by atoms with Gasteiger partial charge >= 0.3 is 5.97 Å². The lowest BCUT2D eigenvalue weighted by Crippen LogP contribution is -2.16. The number of esters is 1. The third-order valence-corrected chi connectivity index (χ3v) is 4.85. The summed E-state index contributed by atoms with van der Waals surface area (Å²) in [6.07, 6.45) is 4.57. The van der Waals surface area contributed by atoms with E-state index in [-0.39, 0.29) is 17.3 Å². The monoisotopic (exact) mass is 400 g/mol. The minimum Gasteiger partial charge on any atom is -0.461 e. The van der Waals surface area contributed by atoms with Gasteiger partial charge in [-0.2, -0.15) is 0 Å². The number of carbonyl (C=O) groups excluding carboxylic acids is 3. The van der Waals surface area contributed by atoms with Crippen molar-refractivity contribution in [3.63, 3.8) is 0 Å². The van der Waals surface area contributed by atoms with E-state index in [0.717, 1.165) is 42.6 Å². The SMILES string of the molecule is CCOC(=O)c1ccc2c(n1)CCCC2=O.O=C1CCCc2nc(Cl)ccc21. The number of rotatable bonds is 2. The van der Waals surface area contributed by atoms with Crippen molar-refractivity contribution in [2.24, 2.45) is 0 Å². The zero-order valence-electron chi connectivity index (χ0n) is 15.7. The summed E-state index contributed by atoms with van der Waals surface area (Å²) >= 11 is 5.70. The lowest BCUT2D eigenvalue weighted by Gasteiger charge is -2.13. The van der Waals surface area contributed by atoms with E-state index in [1.54, 1.807) is 31.2 Å². The highest BCUT2D eigenvalue weighted by Gasteiger charge is 2.20. The Morgan fingerprint density at radius 3 is 2.11 bits per heavy atom. The first-order valence-electron chi connectivity index (χ1n) is 9.38. The van der Waals surface area contributed by atoms with Crippen molar-refractivity contribution in [3.8, 4) is 0 Å². The Hall–Kier alpha value is -2.60. The van der Waals surface area contributed by atoms with Crippen molar-refractivity contribution in [2.75, 3.05) is 6.61 Å². The van der Waals surface area contributed by atoms with Gasteiger partial charge in [-0.05, 0) is 56.9 Å². The minimum atomic E-state index is -0.427. The molecule has 4 rings (SSSR count). The van der Waals surface area contributed by atoms with Crippen molar-refractivity contribution in [1.29, 1.82) is 0 Å². The second-order valence-electron chi connectivity index (χ2n) is 6.59. The van der Waals surface area contributed by atoms with E-state index in [9.17, 15) is 14.4 Å². The number of pyridine rings is 2. The molecule has 0 saturated carbocycles. The first kappa shape index (κ1) is 20.1. The van der Waals surface area contributed by atoms with Crippen molar-refractivity contribution in [3.05, 3.63) is 57.6 Å². The molecule has 0 aliphatic heterocycles. The molecule has 0 atom stereocenters. The highest BCUT2D eigenvalue weighted by atomic mass is 35.5. The Morgan fingerprint density at radius 1 is 0.929 bits per heavy atom. The van der Waals surface area contributed by atoms with Gasteiger partial charge in [0.1, 0.15) is 10.8 Å². The first-order chi connectivity index (χ1) is 13.5. The van der Waals surface area contributed by atoms with Crippen LogP contribution in [0.25, 0.3) is 0 Å². The molecule has 2 heterocycles. The fourth-order valence-corrected chi connectivity index (χ4v) is 3.45.